The highest BCUT2D eigenvalue weighted by Crippen LogP contribution is 2.16. The average molecular weight is 155 g/mol. The Balaban J connectivity index is 3.26. The summed E-state index contributed by atoms with van der Waals surface area (Å²) in [4.78, 5) is 10.9. The second-order valence-corrected chi connectivity index (χ2v) is 3.66. The largest absolute Gasteiger partial charge is 0.343 e. The highest BCUT2D eigenvalue weighted by atomic mass is 16.1. The van der Waals surface area contributed by atoms with Gasteiger partial charge in [-0.1, -0.05) is 20.8 Å². The Hall–Kier alpha value is -1.06. The molecule has 62 valence electrons. The Bertz CT molecular complexity index is 302. The third-order valence-electron chi connectivity index (χ3n) is 1.55. The van der Waals surface area contributed by atoms with Gasteiger partial charge < -0.3 is 0 Å². The average Bonchev–Trinajstić information content (AvgIpc) is 2.11. The topological polar surface area (TPSA) is 50.7 Å². The van der Waals surface area contributed by atoms with E-state index in [9.17, 15) is 4.79 Å². The zero-order valence-electron chi connectivity index (χ0n) is 7.30. The summed E-state index contributed by atoms with van der Waals surface area (Å²) < 4.78 is 1.53. The molecule has 0 bridgehead atoms. The highest BCUT2D eigenvalue weighted by Gasteiger charge is 2.20. The maximum Gasteiger partial charge on any atom is 0.343 e. The van der Waals surface area contributed by atoms with E-state index in [0.717, 1.165) is 5.82 Å². The van der Waals surface area contributed by atoms with E-state index in [1.165, 1.54) is 4.57 Å². The van der Waals surface area contributed by atoms with Crippen LogP contribution in [0.5, 0.6) is 0 Å². The fourth-order valence-electron chi connectivity index (χ4n) is 1.02. The molecule has 11 heavy (non-hydrogen) atoms. The van der Waals surface area contributed by atoms with Gasteiger partial charge in [0.05, 0.1) is 0 Å². The second kappa shape index (κ2) is 2.22. The Kier molecular flexibility index (Phi) is 1.62. The number of H-pyrrole nitrogens is 1. The lowest BCUT2D eigenvalue weighted by Gasteiger charge is -2.15. The van der Waals surface area contributed by atoms with E-state index in [0.29, 0.717) is 0 Å². The molecule has 0 saturated carbocycles. The van der Waals surface area contributed by atoms with Crippen molar-refractivity contribution in [3.8, 4) is 0 Å². The highest BCUT2D eigenvalue weighted by molar-refractivity contribution is 5.00. The second-order valence-electron chi connectivity index (χ2n) is 3.66. The molecule has 0 amide bonds. The molecule has 0 aliphatic heterocycles. The molecule has 0 saturated heterocycles. The van der Waals surface area contributed by atoms with Gasteiger partial charge in [0, 0.05) is 12.5 Å². The third kappa shape index (κ3) is 1.34. The van der Waals surface area contributed by atoms with Gasteiger partial charge in [-0.2, -0.15) is 5.10 Å². The van der Waals surface area contributed by atoms with E-state index in [2.05, 4.69) is 10.2 Å². The molecule has 4 heteroatoms. The molecule has 1 aromatic rings. The van der Waals surface area contributed by atoms with Crippen molar-refractivity contribution < 1.29 is 0 Å². The number of aromatic nitrogens is 3. The van der Waals surface area contributed by atoms with Crippen molar-refractivity contribution >= 4 is 0 Å². The van der Waals surface area contributed by atoms with Gasteiger partial charge in [-0.25, -0.2) is 9.89 Å². The minimum atomic E-state index is -0.157. The maximum absolute atomic E-state index is 10.9. The van der Waals surface area contributed by atoms with Crippen LogP contribution in [0.15, 0.2) is 4.79 Å². The molecule has 0 aromatic carbocycles. The number of hydrogen-bond acceptors (Lipinski definition) is 2. The summed E-state index contributed by atoms with van der Waals surface area (Å²) >= 11 is 0. The fourth-order valence-corrected chi connectivity index (χ4v) is 1.02. The predicted octanol–water partition coefficient (Wildman–Crippen LogP) is 0.406. The monoisotopic (exact) mass is 155 g/mol. The standard InChI is InChI=1S/C7H13N3O/c1-7(2,3)5-8-9-6(11)10(5)4/h1-4H3,(H,9,11). The number of nitrogens with zero attached hydrogens (tertiary/aromatic N) is 2. The van der Waals surface area contributed by atoms with Crippen LogP contribution in [0.25, 0.3) is 0 Å². The molecule has 0 atom stereocenters. The Morgan fingerprint density at radius 2 is 2.00 bits per heavy atom. The summed E-state index contributed by atoms with van der Waals surface area (Å²) in [6.07, 6.45) is 0. The van der Waals surface area contributed by atoms with E-state index < -0.39 is 0 Å². The van der Waals surface area contributed by atoms with Gasteiger partial charge in [0.2, 0.25) is 0 Å². The Labute approximate surface area is 65.2 Å². The van der Waals surface area contributed by atoms with E-state index in [1.807, 2.05) is 20.8 Å². The number of nitrogens with one attached hydrogen (secondary N) is 1. The Morgan fingerprint density at radius 3 is 2.18 bits per heavy atom. The molecule has 1 aromatic heterocycles. The lowest BCUT2D eigenvalue weighted by molar-refractivity contribution is 0.518. The van der Waals surface area contributed by atoms with Gasteiger partial charge in [0.25, 0.3) is 0 Å². The summed E-state index contributed by atoms with van der Waals surface area (Å²) in [7, 11) is 1.71. The van der Waals surface area contributed by atoms with Gasteiger partial charge in [-0.3, -0.25) is 4.57 Å². The molecule has 0 aliphatic carbocycles. The molecule has 0 aliphatic rings. The van der Waals surface area contributed by atoms with Crippen molar-refractivity contribution in [3.63, 3.8) is 0 Å². The van der Waals surface area contributed by atoms with E-state index in [-0.39, 0.29) is 11.1 Å². The van der Waals surface area contributed by atoms with Crippen LogP contribution < -0.4 is 5.69 Å². The zero-order valence-corrected chi connectivity index (χ0v) is 7.30. The maximum atomic E-state index is 10.9. The lowest BCUT2D eigenvalue weighted by Crippen LogP contribution is -2.22. The van der Waals surface area contributed by atoms with Crippen LogP contribution in [0.1, 0.15) is 26.6 Å². The van der Waals surface area contributed by atoms with Crippen LogP contribution in [0.2, 0.25) is 0 Å². The number of hydrogen-bond donors (Lipinski definition) is 1. The first-order valence-electron chi connectivity index (χ1n) is 3.55. The fraction of sp³-hybridized carbons (Fsp3) is 0.714. The van der Waals surface area contributed by atoms with Crippen molar-refractivity contribution in [2.45, 2.75) is 26.2 Å². The van der Waals surface area contributed by atoms with Crippen molar-refractivity contribution in [2.75, 3.05) is 0 Å². The van der Waals surface area contributed by atoms with Crippen LogP contribution in [-0.2, 0) is 12.5 Å². The molecule has 0 unspecified atom stereocenters. The van der Waals surface area contributed by atoms with Crippen molar-refractivity contribution in [1.29, 1.82) is 0 Å². The van der Waals surface area contributed by atoms with Gasteiger partial charge in [-0.15, -0.1) is 0 Å². The first-order chi connectivity index (χ1) is 4.93. The van der Waals surface area contributed by atoms with E-state index in [1.54, 1.807) is 7.05 Å². The van der Waals surface area contributed by atoms with Crippen molar-refractivity contribution in [1.82, 2.24) is 14.8 Å². The number of rotatable bonds is 0. The minimum absolute atomic E-state index is 0.0755. The summed E-state index contributed by atoms with van der Waals surface area (Å²) in [6.45, 7) is 6.05. The molecule has 1 N–H and O–H groups in total. The first-order valence-corrected chi connectivity index (χ1v) is 3.55. The molecule has 0 fully saturated rings. The van der Waals surface area contributed by atoms with Crippen molar-refractivity contribution in [3.05, 3.63) is 16.3 Å². The van der Waals surface area contributed by atoms with E-state index in [4.69, 9.17) is 0 Å². The van der Waals surface area contributed by atoms with Gasteiger partial charge >= 0.3 is 5.69 Å². The third-order valence-corrected chi connectivity index (χ3v) is 1.55. The van der Waals surface area contributed by atoms with Gasteiger partial charge in [0.1, 0.15) is 5.82 Å². The van der Waals surface area contributed by atoms with Crippen LogP contribution in [0.4, 0.5) is 0 Å². The first kappa shape index (κ1) is 8.04. The molecular formula is C7H13N3O. The summed E-state index contributed by atoms with van der Waals surface area (Å²) in [6, 6.07) is 0. The molecule has 1 heterocycles. The summed E-state index contributed by atoms with van der Waals surface area (Å²) in [5.74, 6) is 0.780. The zero-order chi connectivity index (χ0) is 8.65. The van der Waals surface area contributed by atoms with Crippen LogP contribution in [-0.4, -0.2) is 14.8 Å². The predicted molar refractivity (Wildman–Crippen MR) is 42.5 cm³/mol. The van der Waals surface area contributed by atoms with Gasteiger partial charge in [0.15, 0.2) is 0 Å². The number of aromatic amines is 1. The summed E-state index contributed by atoms with van der Waals surface area (Å²) in [5.41, 5.74) is -0.233. The van der Waals surface area contributed by atoms with Crippen LogP contribution in [0, 0.1) is 0 Å². The van der Waals surface area contributed by atoms with Crippen LogP contribution in [0.3, 0.4) is 0 Å². The SMILES string of the molecule is Cn1c(C(C)(C)C)n[nH]c1=O. The lowest BCUT2D eigenvalue weighted by atomic mass is 9.96. The molecular weight excluding hydrogens is 142 g/mol. The summed E-state index contributed by atoms with van der Waals surface area (Å²) in [5, 5.41) is 6.31. The van der Waals surface area contributed by atoms with Gasteiger partial charge in [-0.05, 0) is 0 Å². The molecule has 0 spiro atoms. The van der Waals surface area contributed by atoms with Crippen molar-refractivity contribution in [2.24, 2.45) is 7.05 Å². The molecule has 1 rings (SSSR count). The Morgan fingerprint density at radius 1 is 1.45 bits per heavy atom. The van der Waals surface area contributed by atoms with Crippen LogP contribution >= 0.6 is 0 Å². The van der Waals surface area contributed by atoms with E-state index >= 15 is 0 Å². The molecule has 0 radical (unpaired) electrons. The normalized spacial score (nSPS) is 12.0. The molecule has 4 nitrogen and oxygen atoms in total. The quantitative estimate of drug-likeness (QED) is 0.589. The smallest absolute Gasteiger partial charge is 0.282 e. The minimum Gasteiger partial charge on any atom is -0.282 e.